The van der Waals surface area contributed by atoms with Gasteiger partial charge in [-0.25, -0.2) is 9.97 Å². The van der Waals surface area contributed by atoms with Crippen LogP contribution in [0.3, 0.4) is 0 Å². The van der Waals surface area contributed by atoms with E-state index < -0.39 is 0 Å². The van der Waals surface area contributed by atoms with E-state index in [2.05, 4.69) is 182 Å². The molecule has 8 aromatic carbocycles. The molecule has 0 atom stereocenters. The molecule has 1 aliphatic carbocycles. The van der Waals surface area contributed by atoms with Crippen LogP contribution in [0.15, 0.2) is 164 Å². The van der Waals surface area contributed by atoms with E-state index in [1.54, 1.807) is 0 Å². The van der Waals surface area contributed by atoms with Crippen molar-refractivity contribution in [2.75, 3.05) is 0 Å². The second kappa shape index (κ2) is 11.2. The summed E-state index contributed by atoms with van der Waals surface area (Å²) in [6.07, 6.45) is 0. The fourth-order valence-corrected chi connectivity index (χ4v) is 10.7. The van der Waals surface area contributed by atoms with Crippen molar-refractivity contribution in [3.63, 3.8) is 0 Å². The normalized spacial score (nSPS) is 13.4. The molecule has 3 aromatic heterocycles. The minimum absolute atomic E-state index is 0.102. The molecule has 0 amide bonds. The topological polar surface area (TPSA) is 30.7 Å². The van der Waals surface area contributed by atoms with Crippen molar-refractivity contribution in [1.29, 1.82) is 0 Å². The van der Waals surface area contributed by atoms with Crippen molar-refractivity contribution in [1.82, 2.24) is 14.5 Å². The fourth-order valence-electron chi connectivity index (χ4n) is 9.46. The highest BCUT2D eigenvalue weighted by Crippen LogP contribution is 2.50. The van der Waals surface area contributed by atoms with Crippen LogP contribution in [0.1, 0.15) is 25.0 Å². The van der Waals surface area contributed by atoms with E-state index in [0.29, 0.717) is 0 Å². The number of para-hydroxylation sites is 2. The third-order valence-corrected chi connectivity index (χ3v) is 13.2. The van der Waals surface area contributed by atoms with Crippen molar-refractivity contribution in [2.45, 2.75) is 19.3 Å². The molecule has 3 heterocycles. The maximum absolute atomic E-state index is 5.41. The predicted molar refractivity (Wildman–Crippen MR) is 233 cm³/mol. The first-order valence-corrected chi connectivity index (χ1v) is 19.7. The molecule has 0 N–H and O–H groups in total. The monoisotopic (exact) mass is 719 g/mol. The number of nitrogens with zero attached hydrogens (tertiary/aromatic N) is 3. The Hall–Kier alpha value is -6.62. The maximum atomic E-state index is 5.41. The molecule has 3 nitrogen and oxygen atoms in total. The lowest BCUT2D eigenvalue weighted by molar-refractivity contribution is 0.660. The highest BCUT2D eigenvalue weighted by atomic mass is 32.1. The van der Waals surface area contributed by atoms with E-state index >= 15 is 0 Å². The predicted octanol–water partition coefficient (Wildman–Crippen LogP) is 13.9. The van der Waals surface area contributed by atoms with E-state index in [1.807, 2.05) is 11.3 Å². The number of hydrogen-bond acceptors (Lipinski definition) is 3. The van der Waals surface area contributed by atoms with Gasteiger partial charge in [0.25, 0.3) is 0 Å². The fraction of sp³-hybridized carbons (Fsp3) is 0.0588. The molecule has 4 heteroatoms. The molecule has 0 radical (unpaired) electrons. The molecule has 11 aromatic rings. The number of fused-ring (bicyclic) bond motifs is 14. The summed E-state index contributed by atoms with van der Waals surface area (Å²) in [5.41, 5.74) is 12.7. The summed E-state index contributed by atoms with van der Waals surface area (Å²) in [4.78, 5) is 10.6. The average Bonchev–Trinajstić information content (AvgIpc) is 3.87. The smallest absolute Gasteiger partial charge is 0.160 e. The highest BCUT2D eigenvalue weighted by molar-refractivity contribution is 7.27. The van der Waals surface area contributed by atoms with Crippen molar-refractivity contribution < 1.29 is 0 Å². The van der Waals surface area contributed by atoms with E-state index in [0.717, 1.165) is 39.2 Å². The van der Waals surface area contributed by atoms with Gasteiger partial charge in [0.05, 0.1) is 26.9 Å². The molecule has 55 heavy (non-hydrogen) atoms. The van der Waals surface area contributed by atoms with Gasteiger partial charge in [-0.2, -0.15) is 0 Å². The van der Waals surface area contributed by atoms with Gasteiger partial charge in [-0.05, 0) is 69.4 Å². The molecule has 0 saturated carbocycles. The van der Waals surface area contributed by atoms with Gasteiger partial charge in [0, 0.05) is 53.9 Å². The van der Waals surface area contributed by atoms with Gasteiger partial charge in [0.15, 0.2) is 5.82 Å². The van der Waals surface area contributed by atoms with Crippen molar-refractivity contribution in [3.8, 4) is 39.5 Å². The Bertz CT molecular complexity index is 3420. The number of thiophene rings is 1. The number of aromatic nitrogens is 3. The Balaban J connectivity index is 1.10. The van der Waals surface area contributed by atoms with Gasteiger partial charge >= 0.3 is 0 Å². The number of rotatable bonds is 3. The molecule has 1 aliphatic rings. The lowest BCUT2D eigenvalue weighted by Gasteiger charge is -2.22. The molecular formula is C51H33N3S. The maximum Gasteiger partial charge on any atom is 0.160 e. The summed E-state index contributed by atoms with van der Waals surface area (Å²) in [6, 6.07) is 59.5. The Morgan fingerprint density at radius 2 is 1.20 bits per heavy atom. The molecule has 0 saturated heterocycles. The standard InChI is InChI=1S/C51H33N3S/c1-51(2)40-22-9-5-16-33(40)34-27-26-30(29-41(34)51)47-37-19-6-10-23-42(37)52-50(53-47)31-14-13-15-32(28-31)54-43-24-11-7-20-38(43)45-35-17-3-4-18-36(35)46-39-21-8-12-25-44(39)55-49(46)48(45)54/h3-29H,1-2H3. The van der Waals surface area contributed by atoms with Crippen LogP contribution in [0, 0.1) is 0 Å². The Morgan fingerprint density at radius 1 is 0.509 bits per heavy atom. The second-order valence-electron chi connectivity index (χ2n) is 15.3. The van der Waals surface area contributed by atoms with E-state index in [1.165, 1.54) is 75.0 Å². The van der Waals surface area contributed by atoms with Gasteiger partial charge in [0.2, 0.25) is 0 Å². The highest BCUT2D eigenvalue weighted by Gasteiger charge is 2.35. The van der Waals surface area contributed by atoms with Crippen molar-refractivity contribution >= 4 is 75.0 Å². The summed E-state index contributed by atoms with van der Waals surface area (Å²) < 4.78 is 5.08. The summed E-state index contributed by atoms with van der Waals surface area (Å²) in [6.45, 7) is 4.67. The van der Waals surface area contributed by atoms with E-state index in [-0.39, 0.29) is 5.41 Å². The zero-order chi connectivity index (χ0) is 36.4. The van der Waals surface area contributed by atoms with Gasteiger partial charge in [-0.15, -0.1) is 11.3 Å². The van der Waals surface area contributed by atoms with Crippen LogP contribution in [0.5, 0.6) is 0 Å². The SMILES string of the molecule is CC1(C)c2ccccc2-c2ccc(-c3nc(-c4cccc(-n5c6ccccc6c6c7ccccc7c7c8ccccc8sc7c65)c4)nc4ccccc34)cc21. The molecular weight excluding hydrogens is 687 g/mol. The lowest BCUT2D eigenvalue weighted by atomic mass is 9.82. The van der Waals surface area contributed by atoms with Crippen molar-refractivity contribution in [3.05, 3.63) is 175 Å². The van der Waals surface area contributed by atoms with Crippen molar-refractivity contribution in [2.24, 2.45) is 0 Å². The number of hydrogen-bond donors (Lipinski definition) is 0. The van der Waals surface area contributed by atoms with Gasteiger partial charge < -0.3 is 4.57 Å². The van der Waals surface area contributed by atoms with Gasteiger partial charge in [0.1, 0.15) is 0 Å². The van der Waals surface area contributed by atoms with Crippen LogP contribution in [0.25, 0.3) is 103 Å². The summed E-state index contributed by atoms with van der Waals surface area (Å²) in [5, 5.41) is 8.81. The van der Waals surface area contributed by atoms with Crippen LogP contribution >= 0.6 is 11.3 Å². The first kappa shape index (κ1) is 30.8. The third-order valence-electron chi connectivity index (χ3n) is 12.0. The van der Waals surface area contributed by atoms with E-state index in [9.17, 15) is 0 Å². The Labute approximate surface area is 321 Å². The molecule has 0 bridgehead atoms. The first-order chi connectivity index (χ1) is 27.0. The molecule has 0 unspecified atom stereocenters. The number of benzene rings is 8. The minimum Gasteiger partial charge on any atom is -0.308 e. The molecule has 0 fully saturated rings. The Morgan fingerprint density at radius 3 is 2.07 bits per heavy atom. The van der Waals surface area contributed by atoms with Gasteiger partial charge in [-0.3, -0.25) is 0 Å². The average molecular weight is 720 g/mol. The van der Waals surface area contributed by atoms with Crippen LogP contribution in [0.4, 0.5) is 0 Å². The van der Waals surface area contributed by atoms with Crippen LogP contribution in [-0.4, -0.2) is 14.5 Å². The first-order valence-electron chi connectivity index (χ1n) is 18.9. The lowest BCUT2D eigenvalue weighted by Crippen LogP contribution is -2.15. The zero-order valence-corrected chi connectivity index (χ0v) is 31.2. The second-order valence-corrected chi connectivity index (χ2v) is 16.4. The molecule has 0 aliphatic heterocycles. The van der Waals surface area contributed by atoms with Crippen LogP contribution in [0.2, 0.25) is 0 Å². The molecule has 12 rings (SSSR count). The van der Waals surface area contributed by atoms with Gasteiger partial charge in [-0.1, -0.05) is 141 Å². The summed E-state index contributed by atoms with van der Waals surface area (Å²) in [7, 11) is 0. The molecule has 0 spiro atoms. The zero-order valence-electron chi connectivity index (χ0n) is 30.3. The summed E-state index contributed by atoms with van der Waals surface area (Å²) in [5.74, 6) is 0.719. The molecule has 258 valence electrons. The third kappa shape index (κ3) is 4.26. The largest absolute Gasteiger partial charge is 0.308 e. The Kier molecular flexibility index (Phi) is 6.27. The minimum atomic E-state index is -0.102. The summed E-state index contributed by atoms with van der Waals surface area (Å²) >= 11 is 1.89. The quantitative estimate of drug-likeness (QED) is 0.182. The van der Waals surface area contributed by atoms with Crippen LogP contribution < -0.4 is 0 Å². The van der Waals surface area contributed by atoms with Crippen LogP contribution in [-0.2, 0) is 5.41 Å². The van der Waals surface area contributed by atoms with E-state index in [4.69, 9.17) is 9.97 Å².